The van der Waals surface area contributed by atoms with Crippen LogP contribution in [0.3, 0.4) is 0 Å². The van der Waals surface area contributed by atoms with Gasteiger partial charge in [-0.25, -0.2) is 0 Å². The molecule has 3 nitrogen and oxygen atoms in total. The Kier molecular flexibility index (Phi) is 6.95. The van der Waals surface area contributed by atoms with Crippen molar-refractivity contribution in [1.29, 1.82) is 0 Å². The third kappa shape index (κ3) is 5.62. The van der Waals surface area contributed by atoms with Crippen molar-refractivity contribution in [3.63, 3.8) is 0 Å². The van der Waals surface area contributed by atoms with Gasteiger partial charge in [-0.15, -0.1) is 0 Å². The molecule has 2 aromatic rings. The average Bonchev–Trinajstić information content (AvgIpc) is 3.17. The van der Waals surface area contributed by atoms with Gasteiger partial charge in [0, 0.05) is 19.7 Å². The molecule has 0 radical (unpaired) electrons. The Balaban J connectivity index is 1.76. The van der Waals surface area contributed by atoms with Crippen molar-refractivity contribution in [2.24, 2.45) is 4.99 Å². The van der Waals surface area contributed by atoms with Gasteiger partial charge >= 0.3 is 0 Å². The monoisotopic (exact) mass is 354 g/mol. The molecule has 1 saturated heterocycles. The van der Waals surface area contributed by atoms with Gasteiger partial charge in [-0.2, -0.15) is 0 Å². The van der Waals surface area contributed by atoms with E-state index in [9.17, 15) is 0 Å². The van der Waals surface area contributed by atoms with Gasteiger partial charge in [0.25, 0.3) is 0 Å². The minimum absolute atomic E-state index is 0.289. The van der Waals surface area contributed by atoms with Crippen molar-refractivity contribution in [3.8, 4) is 0 Å². The molecule has 25 heavy (non-hydrogen) atoms. The van der Waals surface area contributed by atoms with Crippen LogP contribution in [0.15, 0.2) is 65.7 Å². The van der Waals surface area contributed by atoms with Crippen LogP contribution >= 0.6 is 11.8 Å². The maximum absolute atomic E-state index is 5.73. The van der Waals surface area contributed by atoms with Crippen LogP contribution in [0.5, 0.6) is 0 Å². The summed E-state index contributed by atoms with van der Waals surface area (Å²) >= 11 is 1.72. The third-order valence-corrected chi connectivity index (χ3v) is 5.09. The standard InChI is InChI=1S/C21H26N2OS/c1-25-21(22-15-20-13-8-14-24-20)23(16-18-9-4-2-5-10-18)17-19-11-6-3-7-12-19/h2-7,9-12,20H,8,13-17H2,1H3. The molecule has 0 amide bonds. The molecule has 0 saturated carbocycles. The molecule has 2 aromatic carbocycles. The van der Waals surface area contributed by atoms with Gasteiger partial charge in [0.1, 0.15) is 0 Å². The summed E-state index contributed by atoms with van der Waals surface area (Å²) in [6, 6.07) is 21.2. The first-order chi connectivity index (χ1) is 12.3. The number of benzene rings is 2. The van der Waals surface area contributed by atoms with Crippen LogP contribution in [-0.4, -0.2) is 35.6 Å². The van der Waals surface area contributed by atoms with E-state index in [1.807, 2.05) is 0 Å². The SMILES string of the molecule is CSC(=NCC1CCCO1)N(Cc1ccccc1)Cc1ccccc1. The molecule has 0 bridgehead atoms. The Labute approximate surface area is 155 Å². The largest absolute Gasteiger partial charge is 0.376 e. The van der Waals surface area contributed by atoms with Crippen molar-refractivity contribution < 1.29 is 4.74 Å². The second-order valence-corrected chi connectivity index (χ2v) is 7.06. The number of hydrogen-bond acceptors (Lipinski definition) is 3. The Morgan fingerprint density at radius 3 is 2.12 bits per heavy atom. The molecular formula is C21H26N2OS. The lowest BCUT2D eigenvalue weighted by Crippen LogP contribution is -2.29. The summed E-state index contributed by atoms with van der Waals surface area (Å²) in [5, 5.41) is 1.09. The van der Waals surface area contributed by atoms with Crippen molar-refractivity contribution in [1.82, 2.24) is 4.90 Å². The molecular weight excluding hydrogens is 328 g/mol. The molecule has 4 heteroatoms. The number of hydrogen-bond donors (Lipinski definition) is 0. The van der Waals surface area contributed by atoms with Crippen molar-refractivity contribution >= 4 is 16.9 Å². The molecule has 1 heterocycles. The lowest BCUT2D eigenvalue weighted by molar-refractivity contribution is 0.117. The summed E-state index contributed by atoms with van der Waals surface area (Å²) in [6.45, 7) is 3.37. The molecule has 1 aliphatic heterocycles. The van der Waals surface area contributed by atoms with E-state index in [0.29, 0.717) is 0 Å². The second-order valence-electron chi connectivity index (χ2n) is 6.29. The van der Waals surface area contributed by atoms with Crippen LogP contribution in [0.2, 0.25) is 0 Å². The number of amidine groups is 1. The summed E-state index contributed by atoms with van der Waals surface area (Å²) in [5.74, 6) is 0. The predicted molar refractivity (Wildman–Crippen MR) is 107 cm³/mol. The maximum Gasteiger partial charge on any atom is 0.159 e. The zero-order chi connectivity index (χ0) is 17.3. The van der Waals surface area contributed by atoms with Crippen molar-refractivity contribution in [3.05, 3.63) is 71.8 Å². The molecule has 0 aromatic heterocycles. The molecule has 132 valence electrons. The molecule has 0 aliphatic carbocycles. The molecule has 1 atom stereocenters. The smallest absolute Gasteiger partial charge is 0.159 e. The number of nitrogens with zero attached hydrogens (tertiary/aromatic N) is 2. The van der Waals surface area contributed by atoms with Crippen LogP contribution in [0, 0.1) is 0 Å². The van der Waals surface area contributed by atoms with E-state index in [1.165, 1.54) is 11.1 Å². The Bertz CT molecular complexity index is 613. The van der Waals surface area contributed by atoms with Gasteiger partial charge in [-0.05, 0) is 30.2 Å². The normalized spacial score (nSPS) is 17.6. The second kappa shape index (κ2) is 9.64. The Morgan fingerprint density at radius 2 is 1.64 bits per heavy atom. The molecule has 1 unspecified atom stereocenters. The van der Waals surface area contributed by atoms with Gasteiger partial charge in [-0.3, -0.25) is 4.99 Å². The topological polar surface area (TPSA) is 24.8 Å². The summed E-state index contributed by atoms with van der Waals surface area (Å²) in [5.41, 5.74) is 2.61. The minimum Gasteiger partial charge on any atom is -0.376 e. The number of ether oxygens (including phenoxy) is 1. The van der Waals surface area contributed by atoms with Gasteiger partial charge < -0.3 is 9.64 Å². The highest BCUT2D eigenvalue weighted by atomic mass is 32.2. The van der Waals surface area contributed by atoms with Crippen LogP contribution < -0.4 is 0 Å². The highest BCUT2D eigenvalue weighted by molar-refractivity contribution is 8.13. The quantitative estimate of drug-likeness (QED) is 0.560. The summed E-state index contributed by atoms with van der Waals surface area (Å²) in [4.78, 5) is 7.26. The predicted octanol–water partition coefficient (Wildman–Crippen LogP) is 4.59. The van der Waals surface area contributed by atoms with E-state index in [1.54, 1.807) is 11.8 Å². The van der Waals surface area contributed by atoms with Crippen LogP contribution in [-0.2, 0) is 17.8 Å². The number of aliphatic imine (C=N–C) groups is 1. The lowest BCUT2D eigenvalue weighted by atomic mass is 10.2. The summed E-state index contributed by atoms with van der Waals surface area (Å²) in [6.07, 6.45) is 4.68. The average molecular weight is 355 g/mol. The summed E-state index contributed by atoms with van der Waals surface area (Å²) in [7, 11) is 0. The van der Waals surface area contributed by atoms with Crippen LogP contribution in [0.4, 0.5) is 0 Å². The van der Waals surface area contributed by atoms with Crippen LogP contribution in [0.25, 0.3) is 0 Å². The van der Waals surface area contributed by atoms with E-state index < -0.39 is 0 Å². The first-order valence-electron chi connectivity index (χ1n) is 8.88. The van der Waals surface area contributed by atoms with E-state index in [4.69, 9.17) is 9.73 Å². The first-order valence-corrected chi connectivity index (χ1v) is 10.1. The fourth-order valence-corrected chi connectivity index (χ4v) is 3.65. The molecule has 1 aliphatic rings. The first kappa shape index (κ1) is 18.0. The zero-order valence-electron chi connectivity index (χ0n) is 14.8. The van der Waals surface area contributed by atoms with Crippen LogP contribution in [0.1, 0.15) is 24.0 Å². The summed E-state index contributed by atoms with van der Waals surface area (Å²) < 4.78 is 5.73. The molecule has 0 spiro atoms. The Morgan fingerprint density at radius 1 is 1.04 bits per heavy atom. The van der Waals surface area contributed by atoms with Crippen molar-refractivity contribution in [2.45, 2.75) is 32.0 Å². The molecule has 1 fully saturated rings. The van der Waals surface area contributed by atoms with E-state index in [-0.39, 0.29) is 6.10 Å². The fraction of sp³-hybridized carbons (Fsp3) is 0.381. The van der Waals surface area contributed by atoms with Gasteiger partial charge in [0.05, 0.1) is 12.6 Å². The molecule has 3 rings (SSSR count). The van der Waals surface area contributed by atoms with E-state index >= 15 is 0 Å². The highest BCUT2D eigenvalue weighted by Gasteiger charge is 2.17. The van der Waals surface area contributed by atoms with Gasteiger partial charge in [0.2, 0.25) is 0 Å². The highest BCUT2D eigenvalue weighted by Crippen LogP contribution is 2.17. The van der Waals surface area contributed by atoms with E-state index in [2.05, 4.69) is 71.8 Å². The van der Waals surface area contributed by atoms with E-state index in [0.717, 1.165) is 44.3 Å². The minimum atomic E-state index is 0.289. The zero-order valence-corrected chi connectivity index (χ0v) is 15.6. The van der Waals surface area contributed by atoms with Gasteiger partial charge in [-0.1, -0.05) is 72.4 Å². The lowest BCUT2D eigenvalue weighted by Gasteiger charge is -2.26. The fourth-order valence-electron chi connectivity index (χ4n) is 3.06. The van der Waals surface area contributed by atoms with Gasteiger partial charge in [0.15, 0.2) is 5.17 Å². The van der Waals surface area contributed by atoms with Crippen molar-refractivity contribution in [2.75, 3.05) is 19.4 Å². The Hall–Kier alpha value is -1.78. The maximum atomic E-state index is 5.73. The number of thioether (sulfide) groups is 1. The molecule has 0 N–H and O–H groups in total. The third-order valence-electron chi connectivity index (χ3n) is 4.34. The number of rotatable bonds is 6.